The molecule has 0 spiro atoms. The summed E-state index contributed by atoms with van der Waals surface area (Å²) in [4.78, 5) is 0. The molecule has 0 N–H and O–H groups in total. The molecule has 0 aliphatic heterocycles. The van der Waals surface area contributed by atoms with Gasteiger partial charge in [0.25, 0.3) is 0 Å². The molecule has 0 aromatic rings. The van der Waals surface area contributed by atoms with E-state index >= 15 is 0 Å². The van der Waals surface area contributed by atoms with Crippen LogP contribution in [0.25, 0.3) is 0 Å². The highest BCUT2D eigenvalue weighted by Crippen LogP contribution is 2.39. The molecule has 0 fully saturated rings. The molecule has 1 heteroatoms. The zero-order chi connectivity index (χ0) is 15.6. The lowest BCUT2D eigenvalue weighted by molar-refractivity contribution is 0.600. The fraction of sp³-hybridized carbons (Fsp3) is 0.900. The second-order valence-electron chi connectivity index (χ2n) is 6.46. The van der Waals surface area contributed by atoms with E-state index in [2.05, 4.69) is 26.2 Å². The van der Waals surface area contributed by atoms with Gasteiger partial charge in [0.05, 0.1) is 0 Å². The van der Waals surface area contributed by atoms with Crippen LogP contribution in [0.5, 0.6) is 0 Å². The van der Waals surface area contributed by atoms with Gasteiger partial charge in [-0.1, -0.05) is 111 Å². The minimum absolute atomic E-state index is 0.150. The van der Waals surface area contributed by atoms with Crippen LogP contribution in [0.3, 0.4) is 0 Å². The first-order valence-electron chi connectivity index (χ1n) is 9.71. The highest BCUT2D eigenvalue weighted by molar-refractivity contribution is 7.60. The molecule has 0 aromatic carbocycles. The quantitative estimate of drug-likeness (QED) is 0.188. The maximum absolute atomic E-state index is 4.07. The van der Waals surface area contributed by atoms with Crippen LogP contribution in [-0.2, 0) is 0 Å². The molecule has 0 aliphatic carbocycles. The molecule has 0 saturated carbocycles. The summed E-state index contributed by atoms with van der Waals surface area (Å²) in [5.41, 5.74) is 0. The molecule has 0 nitrogen and oxygen atoms in total. The maximum atomic E-state index is 4.07. The van der Waals surface area contributed by atoms with Crippen molar-refractivity contribution in [2.75, 3.05) is 12.3 Å². The van der Waals surface area contributed by atoms with E-state index in [1.54, 1.807) is 0 Å². The van der Waals surface area contributed by atoms with Gasteiger partial charge in [-0.15, -0.1) is 0 Å². The molecule has 126 valence electrons. The minimum Gasteiger partial charge on any atom is -0.0986 e. The summed E-state index contributed by atoms with van der Waals surface area (Å²) < 4.78 is 0. The van der Waals surface area contributed by atoms with Crippen LogP contribution in [-0.4, -0.2) is 12.3 Å². The van der Waals surface area contributed by atoms with Gasteiger partial charge in [0, 0.05) is 0 Å². The van der Waals surface area contributed by atoms with Crippen LogP contribution < -0.4 is 0 Å². The lowest BCUT2D eigenvalue weighted by Gasteiger charge is -2.13. The van der Waals surface area contributed by atoms with Gasteiger partial charge in [-0.2, -0.15) is 0 Å². The summed E-state index contributed by atoms with van der Waals surface area (Å²) in [6.07, 6.45) is 23.0. The van der Waals surface area contributed by atoms with Crippen molar-refractivity contribution in [1.29, 1.82) is 0 Å². The van der Waals surface area contributed by atoms with E-state index < -0.39 is 0 Å². The average Bonchev–Trinajstić information content (AvgIpc) is 2.51. The molecular weight excluding hydrogens is 271 g/mol. The zero-order valence-corrected chi connectivity index (χ0v) is 15.9. The van der Waals surface area contributed by atoms with Gasteiger partial charge in [-0.25, -0.2) is 0 Å². The van der Waals surface area contributed by atoms with E-state index in [-0.39, 0.29) is 7.92 Å². The summed E-state index contributed by atoms with van der Waals surface area (Å²) >= 11 is 0. The molecule has 0 saturated heterocycles. The van der Waals surface area contributed by atoms with Crippen LogP contribution in [0.15, 0.2) is 12.4 Å². The van der Waals surface area contributed by atoms with E-state index in [9.17, 15) is 0 Å². The Hall–Kier alpha value is 0.170. The standard InChI is InChI=1S/C20H41P/c1-4-7-9-11-13-15-17-19-21(6-3)20-18-16-14-12-10-8-5-2/h6H,3-5,7-20H2,1-2H3. The topological polar surface area (TPSA) is 0 Å². The Morgan fingerprint density at radius 1 is 0.571 bits per heavy atom. The Labute approximate surface area is 136 Å². The monoisotopic (exact) mass is 312 g/mol. The first kappa shape index (κ1) is 21.2. The fourth-order valence-corrected chi connectivity index (χ4v) is 4.69. The Bertz CT molecular complexity index is 182. The Balaban J connectivity index is 3.31. The predicted octanol–water partition coefficient (Wildman–Crippen LogP) is 8.11. The highest BCUT2D eigenvalue weighted by Gasteiger charge is 2.03. The number of rotatable bonds is 17. The van der Waals surface area contributed by atoms with Crippen molar-refractivity contribution in [3.63, 3.8) is 0 Å². The molecule has 21 heavy (non-hydrogen) atoms. The Kier molecular flexibility index (Phi) is 18.4. The van der Waals surface area contributed by atoms with Crippen molar-refractivity contribution >= 4 is 7.92 Å². The maximum Gasteiger partial charge on any atom is -0.0291 e. The largest absolute Gasteiger partial charge is 0.0986 e. The van der Waals surface area contributed by atoms with Crippen molar-refractivity contribution in [3.8, 4) is 0 Å². The first-order valence-corrected chi connectivity index (χ1v) is 11.5. The summed E-state index contributed by atoms with van der Waals surface area (Å²) in [5.74, 6) is 2.28. The van der Waals surface area contributed by atoms with E-state index in [0.717, 1.165) is 0 Å². The summed E-state index contributed by atoms with van der Waals surface area (Å²) in [6.45, 7) is 8.65. The third kappa shape index (κ3) is 16.4. The van der Waals surface area contributed by atoms with Gasteiger partial charge < -0.3 is 0 Å². The van der Waals surface area contributed by atoms with E-state index in [4.69, 9.17) is 0 Å². The molecule has 0 aliphatic rings. The van der Waals surface area contributed by atoms with E-state index in [1.165, 1.54) is 102 Å². The fourth-order valence-electron chi connectivity index (χ4n) is 2.84. The zero-order valence-electron chi connectivity index (χ0n) is 15.0. The van der Waals surface area contributed by atoms with Crippen molar-refractivity contribution in [2.24, 2.45) is 0 Å². The minimum atomic E-state index is 0.150. The third-order valence-electron chi connectivity index (χ3n) is 4.36. The second kappa shape index (κ2) is 18.2. The summed E-state index contributed by atoms with van der Waals surface area (Å²) in [7, 11) is 0.150. The first-order chi connectivity index (χ1) is 10.3. The van der Waals surface area contributed by atoms with Gasteiger partial charge in [-0.05, 0) is 25.2 Å². The van der Waals surface area contributed by atoms with Crippen LogP contribution in [0.1, 0.15) is 104 Å². The predicted molar refractivity (Wildman–Crippen MR) is 103 cm³/mol. The van der Waals surface area contributed by atoms with Crippen molar-refractivity contribution in [2.45, 2.75) is 104 Å². The lowest BCUT2D eigenvalue weighted by atomic mass is 10.1. The molecule has 0 heterocycles. The van der Waals surface area contributed by atoms with Crippen LogP contribution in [0.4, 0.5) is 0 Å². The highest BCUT2D eigenvalue weighted by atomic mass is 31.1. The smallest absolute Gasteiger partial charge is 0.0291 e. The molecule has 0 bridgehead atoms. The normalized spacial score (nSPS) is 11.2. The van der Waals surface area contributed by atoms with E-state index in [0.29, 0.717) is 0 Å². The molecule has 0 radical (unpaired) electrons. The van der Waals surface area contributed by atoms with Gasteiger partial charge in [-0.3, -0.25) is 0 Å². The van der Waals surface area contributed by atoms with Gasteiger partial charge in [0.2, 0.25) is 0 Å². The molecule has 0 aromatic heterocycles. The van der Waals surface area contributed by atoms with Crippen LogP contribution in [0.2, 0.25) is 0 Å². The molecule has 0 unspecified atom stereocenters. The summed E-state index contributed by atoms with van der Waals surface area (Å²) in [5, 5.41) is 0. The van der Waals surface area contributed by atoms with Gasteiger partial charge >= 0.3 is 0 Å². The third-order valence-corrected chi connectivity index (χ3v) is 6.65. The summed E-state index contributed by atoms with van der Waals surface area (Å²) in [6, 6.07) is 0. The molecule has 0 atom stereocenters. The van der Waals surface area contributed by atoms with Gasteiger partial charge in [0.15, 0.2) is 0 Å². The van der Waals surface area contributed by atoms with Crippen LogP contribution in [0, 0.1) is 0 Å². The SMILES string of the molecule is C=CP(CCCCCCCCC)CCCCCCCCC. The number of hydrogen-bond acceptors (Lipinski definition) is 0. The Morgan fingerprint density at radius 2 is 0.905 bits per heavy atom. The lowest BCUT2D eigenvalue weighted by Crippen LogP contribution is -1.90. The van der Waals surface area contributed by atoms with Crippen molar-refractivity contribution in [1.82, 2.24) is 0 Å². The molecule has 0 amide bonds. The van der Waals surface area contributed by atoms with Crippen LogP contribution >= 0.6 is 7.92 Å². The second-order valence-corrected chi connectivity index (χ2v) is 8.90. The number of unbranched alkanes of at least 4 members (excludes halogenated alkanes) is 12. The molecule has 0 rings (SSSR count). The van der Waals surface area contributed by atoms with Crippen molar-refractivity contribution < 1.29 is 0 Å². The van der Waals surface area contributed by atoms with Gasteiger partial charge in [0.1, 0.15) is 0 Å². The number of hydrogen-bond donors (Lipinski definition) is 0. The van der Waals surface area contributed by atoms with E-state index in [1.807, 2.05) is 0 Å². The Morgan fingerprint density at radius 3 is 1.24 bits per heavy atom. The molecular formula is C20H41P. The average molecular weight is 313 g/mol. The van der Waals surface area contributed by atoms with Crippen molar-refractivity contribution in [3.05, 3.63) is 12.4 Å².